The van der Waals surface area contributed by atoms with Crippen molar-refractivity contribution in [3.05, 3.63) is 24.0 Å². The molecule has 2 amide bonds. The fourth-order valence-corrected chi connectivity index (χ4v) is 1.27. The molecule has 94 valence electrons. The number of carboxylic acid groups (broad SMARTS) is 1. The van der Waals surface area contributed by atoms with Gasteiger partial charge in [0.25, 0.3) is 0 Å². The minimum atomic E-state index is -1.10. The van der Waals surface area contributed by atoms with Gasteiger partial charge in [0, 0.05) is 12.7 Å². The summed E-state index contributed by atoms with van der Waals surface area (Å²) >= 11 is 0. The quantitative estimate of drug-likeness (QED) is 0.785. The smallest absolute Gasteiger partial charge is 0.337 e. The van der Waals surface area contributed by atoms with E-state index in [1.165, 1.54) is 23.4 Å². The number of carbonyl (C=O) groups excluding carboxylic acids is 1. The summed E-state index contributed by atoms with van der Waals surface area (Å²) in [5, 5.41) is 11.3. The third-order valence-corrected chi connectivity index (χ3v) is 2.19. The van der Waals surface area contributed by atoms with E-state index in [0.717, 1.165) is 0 Å². The molecule has 0 bridgehead atoms. The molecular formula is C12H13N3O3. The summed E-state index contributed by atoms with van der Waals surface area (Å²) in [6.07, 6.45) is 7.71. The first-order valence-electron chi connectivity index (χ1n) is 5.26. The lowest BCUT2D eigenvalue weighted by molar-refractivity contribution is 0.0696. The number of terminal acetylenes is 1. The lowest BCUT2D eigenvalue weighted by atomic mass is 10.2. The lowest BCUT2D eigenvalue weighted by Gasteiger charge is -2.18. The molecule has 0 aromatic carbocycles. The van der Waals surface area contributed by atoms with Crippen LogP contribution in [0.2, 0.25) is 0 Å². The highest BCUT2D eigenvalue weighted by molar-refractivity contribution is 5.92. The fourth-order valence-electron chi connectivity index (χ4n) is 1.27. The zero-order valence-corrected chi connectivity index (χ0v) is 9.88. The van der Waals surface area contributed by atoms with E-state index in [-0.39, 0.29) is 18.1 Å². The Kier molecular flexibility index (Phi) is 4.69. The average Bonchev–Trinajstić information content (AvgIpc) is 2.36. The molecule has 0 unspecified atom stereocenters. The van der Waals surface area contributed by atoms with Crippen molar-refractivity contribution in [3.63, 3.8) is 0 Å². The maximum absolute atomic E-state index is 11.8. The standard InChI is InChI=1S/C12H13N3O3/c1-3-5-15(4-2)12(18)14-10-6-9(11(16)17)7-13-8-10/h1,6-8H,4-5H2,2H3,(H,14,18)(H,16,17). The van der Waals surface area contributed by atoms with Gasteiger partial charge in [-0.15, -0.1) is 6.42 Å². The Morgan fingerprint density at radius 3 is 2.83 bits per heavy atom. The molecule has 0 spiro atoms. The third kappa shape index (κ3) is 3.49. The number of hydrogen-bond donors (Lipinski definition) is 2. The van der Waals surface area contributed by atoms with E-state index in [4.69, 9.17) is 11.5 Å². The molecule has 0 saturated carbocycles. The molecule has 6 nitrogen and oxygen atoms in total. The first kappa shape index (κ1) is 13.5. The average molecular weight is 247 g/mol. The third-order valence-electron chi connectivity index (χ3n) is 2.19. The number of aromatic nitrogens is 1. The largest absolute Gasteiger partial charge is 0.478 e. The number of carboxylic acids is 1. The van der Waals surface area contributed by atoms with E-state index >= 15 is 0 Å². The Hall–Kier alpha value is -2.55. The maximum atomic E-state index is 11.8. The van der Waals surface area contributed by atoms with Gasteiger partial charge in [-0.2, -0.15) is 0 Å². The van der Waals surface area contributed by atoms with Gasteiger partial charge in [-0.1, -0.05) is 5.92 Å². The lowest BCUT2D eigenvalue weighted by Crippen LogP contribution is -2.35. The molecule has 1 aromatic heterocycles. The van der Waals surface area contributed by atoms with Crippen LogP contribution >= 0.6 is 0 Å². The van der Waals surface area contributed by atoms with Gasteiger partial charge in [0.1, 0.15) is 0 Å². The van der Waals surface area contributed by atoms with E-state index in [2.05, 4.69) is 16.2 Å². The Morgan fingerprint density at radius 1 is 1.56 bits per heavy atom. The molecule has 2 N–H and O–H groups in total. The maximum Gasteiger partial charge on any atom is 0.337 e. The van der Waals surface area contributed by atoms with Crippen molar-refractivity contribution in [1.29, 1.82) is 0 Å². The van der Waals surface area contributed by atoms with Gasteiger partial charge in [-0.05, 0) is 13.0 Å². The van der Waals surface area contributed by atoms with Crippen molar-refractivity contribution in [2.45, 2.75) is 6.92 Å². The Labute approximate surface area is 105 Å². The predicted molar refractivity (Wildman–Crippen MR) is 66.3 cm³/mol. The minimum Gasteiger partial charge on any atom is -0.478 e. The molecule has 1 heterocycles. The molecule has 0 aliphatic heterocycles. The van der Waals surface area contributed by atoms with Gasteiger partial charge in [0.15, 0.2) is 0 Å². The molecule has 6 heteroatoms. The molecule has 0 aliphatic carbocycles. The number of nitrogens with one attached hydrogen (secondary N) is 1. The van der Waals surface area contributed by atoms with Crippen molar-refractivity contribution in [2.24, 2.45) is 0 Å². The topological polar surface area (TPSA) is 82.5 Å². The second kappa shape index (κ2) is 6.25. The molecule has 0 saturated heterocycles. The molecular weight excluding hydrogens is 234 g/mol. The number of carbonyl (C=O) groups is 2. The molecule has 0 radical (unpaired) electrons. The number of amides is 2. The van der Waals surface area contributed by atoms with Gasteiger partial charge >= 0.3 is 12.0 Å². The highest BCUT2D eigenvalue weighted by Gasteiger charge is 2.11. The van der Waals surface area contributed by atoms with Crippen molar-refractivity contribution in [2.75, 3.05) is 18.4 Å². The second-order valence-electron chi connectivity index (χ2n) is 3.42. The van der Waals surface area contributed by atoms with Gasteiger partial charge in [-0.3, -0.25) is 4.98 Å². The van der Waals surface area contributed by atoms with Crippen LogP contribution in [0.25, 0.3) is 0 Å². The number of urea groups is 1. The Bertz CT molecular complexity index is 494. The summed E-state index contributed by atoms with van der Waals surface area (Å²) in [6.45, 7) is 2.44. The normalized spacial score (nSPS) is 9.33. The SMILES string of the molecule is C#CCN(CC)C(=O)Nc1cncc(C(=O)O)c1. The number of nitrogens with zero attached hydrogens (tertiary/aromatic N) is 2. The number of hydrogen-bond acceptors (Lipinski definition) is 3. The summed E-state index contributed by atoms with van der Waals surface area (Å²) in [5.41, 5.74) is 0.322. The van der Waals surface area contributed by atoms with Crippen LogP contribution in [0.5, 0.6) is 0 Å². The van der Waals surface area contributed by atoms with Gasteiger partial charge in [0.05, 0.1) is 24.0 Å². The van der Waals surface area contributed by atoms with Crippen molar-refractivity contribution in [1.82, 2.24) is 9.88 Å². The number of rotatable bonds is 4. The monoisotopic (exact) mass is 247 g/mol. The number of pyridine rings is 1. The van der Waals surface area contributed by atoms with Crippen LogP contribution < -0.4 is 5.32 Å². The molecule has 1 rings (SSSR count). The minimum absolute atomic E-state index is 0.00722. The highest BCUT2D eigenvalue weighted by Crippen LogP contribution is 2.09. The summed E-state index contributed by atoms with van der Waals surface area (Å²) in [4.78, 5) is 27.6. The fraction of sp³-hybridized carbons (Fsp3) is 0.250. The number of anilines is 1. The highest BCUT2D eigenvalue weighted by atomic mass is 16.4. The van der Waals surface area contributed by atoms with Crippen LogP contribution in [0, 0.1) is 12.3 Å². The van der Waals surface area contributed by atoms with E-state index in [1.54, 1.807) is 6.92 Å². The van der Waals surface area contributed by atoms with Crippen molar-refractivity contribution >= 4 is 17.7 Å². The van der Waals surface area contributed by atoms with Crippen molar-refractivity contribution in [3.8, 4) is 12.3 Å². The molecule has 18 heavy (non-hydrogen) atoms. The Balaban J connectivity index is 2.78. The van der Waals surface area contributed by atoms with Crippen LogP contribution in [-0.2, 0) is 0 Å². The molecule has 0 fully saturated rings. The first-order valence-corrected chi connectivity index (χ1v) is 5.26. The van der Waals surface area contributed by atoms with Gasteiger partial charge in [-0.25, -0.2) is 9.59 Å². The predicted octanol–water partition coefficient (Wildman–Crippen LogP) is 1.27. The molecule has 0 aliphatic rings. The Morgan fingerprint density at radius 2 is 2.28 bits per heavy atom. The summed E-state index contributed by atoms with van der Waals surface area (Å²) in [7, 11) is 0. The van der Waals surface area contributed by atoms with E-state index < -0.39 is 5.97 Å². The van der Waals surface area contributed by atoms with E-state index in [9.17, 15) is 9.59 Å². The van der Waals surface area contributed by atoms with Gasteiger partial charge < -0.3 is 15.3 Å². The van der Waals surface area contributed by atoms with Crippen LogP contribution in [0.1, 0.15) is 17.3 Å². The van der Waals surface area contributed by atoms with Crippen molar-refractivity contribution < 1.29 is 14.7 Å². The first-order chi connectivity index (χ1) is 8.58. The van der Waals surface area contributed by atoms with Crippen LogP contribution in [0.3, 0.4) is 0 Å². The van der Waals surface area contributed by atoms with Crippen LogP contribution in [0.15, 0.2) is 18.5 Å². The summed E-state index contributed by atoms with van der Waals surface area (Å²) < 4.78 is 0. The second-order valence-corrected chi connectivity index (χ2v) is 3.42. The number of aromatic carboxylic acids is 1. The summed E-state index contributed by atoms with van der Waals surface area (Å²) in [5.74, 6) is 1.27. The molecule has 1 aromatic rings. The zero-order chi connectivity index (χ0) is 13.5. The summed E-state index contributed by atoms with van der Waals surface area (Å²) in [6, 6.07) is 0.941. The molecule has 0 atom stereocenters. The van der Waals surface area contributed by atoms with Crippen LogP contribution in [-0.4, -0.2) is 40.1 Å². The van der Waals surface area contributed by atoms with E-state index in [1.807, 2.05) is 0 Å². The van der Waals surface area contributed by atoms with Gasteiger partial charge in [0.2, 0.25) is 0 Å². The van der Waals surface area contributed by atoms with Crippen LogP contribution in [0.4, 0.5) is 10.5 Å². The zero-order valence-electron chi connectivity index (χ0n) is 9.88. The van der Waals surface area contributed by atoms with E-state index in [0.29, 0.717) is 12.2 Å².